The third-order valence-corrected chi connectivity index (χ3v) is 6.59. The Bertz CT molecular complexity index is 1090. The predicted molar refractivity (Wildman–Crippen MR) is 129 cm³/mol. The summed E-state index contributed by atoms with van der Waals surface area (Å²) in [6, 6.07) is 8.40. The van der Waals surface area contributed by atoms with E-state index in [2.05, 4.69) is 10.1 Å². The van der Waals surface area contributed by atoms with Crippen LogP contribution in [-0.2, 0) is 23.5 Å². The smallest absolute Gasteiger partial charge is 0.330 e. The second-order valence-corrected chi connectivity index (χ2v) is 9.62. The average molecular weight is 509 g/mol. The molecule has 0 aliphatic carbocycles. The molecule has 3 rings (SSSR count). The van der Waals surface area contributed by atoms with Gasteiger partial charge in [0.1, 0.15) is 24.1 Å². The van der Waals surface area contributed by atoms with E-state index in [-0.39, 0.29) is 18.8 Å². The molecule has 1 aromatic heterocycles. The van der Waals surface area contributed by atoms with Crippen LogP contribution in [0.1, 0.15) is 39.0 Å². The van der Waals surface area contributed by atoms with Gasteiger partial charge in [-0.1, -0.05) is 18.2 Å². The monoisotopic (exact) mass is 509 g/mol. The molecule has 1 aromatic carbocycles. The fourth-order valence-corrected chi connectivity index (χ4v) is 4.62. The standard InChI is InChI=1S/C23H32N3O8P/c1-14(2)32-22(28)16(4)25-35(34-17-9-7-6-8-10-17)31-13-19-18(30-5)11-20(33-19)26-12-15(3)21(27)24-23(26)29/h6-10,12,14,16,18-20,25H,11,13H2,1-5H3,(H,24,27,29)/t16?,18?,19-,20-,35?/m1/s1. The van der Waals surface area contributed by atoms with E-state index in [1.54, 1.807) is 46.9 Å². The van der Waals surface area contributed by atoms with E-state index >= 15 is 0 Å². The molecule has 1 aliphatic heterocycles. The Labute approximate surface area is 204 Å². The minimum Gasteiger partial charge on any atom is -0.462 e. The molecule has 0 radical (unpaired) electrons. The number of hydrogen-bond acceptors (Lipinski definition) is 9. The zero-order valence-electron chi connectivity index (χ0n) is 20.4. The van der Waals surface area contributed by atoms with Crippen molar-refractivity contribution in [3.05, 3.63) is 62.9 Å². The third kappa shape index (κ3) is 7.46. The molecule has 3 unspecified atom stereocenters. The molecule has 12 heteroatoms. The first kappa shape index (κ1) is 27.0. The average Bonchev–Trinajstić information content (AvgIpc) is 3.23. The summed E-state index contributed by atoms with van der Waals surface area (Å²) in [5.74, 6) is 0.145. The lowest BCUT2D eigenvalue weighted by Gasteiger charge is -2.24. The third-order valence-electron chi connectivity index (χ3n) is 5.23. The van der Waals surface area contributed by atoms with Crippen molar-refractivity contribution in [1.29, 1.82) is 0 Å². The summed E-state index contributed by atoms with van der Waals surface area (Å²) in [5.41, 5.74) is -0.601. The quantitative estimate of drug-likeness (QED) is 0.346. The van der Waals surface area contributed by atoms with Crippen LogP contribution in [0.4, 0.5) is 0 Å². The lowest BCUT2D eigenvalue weighted by atomic mass is 10.2. The Hall–Kier alpha value is -2.56. The molecule has 192 valence electrons. The van der Waals surface area contributed by atoms with Crippen molar-refractivity contribution in [2.45, 2.75) is 64.7 Å². The van der Waals surface area contributed by atoms with Gasteiger partial charge in [-0.3, -0.25) is 19.1 Å². The molecule has 0 saturated carbocycles. The van der Waals surface area contributed by atoms with Gasteiger partial charge in [-0.05, 0) is 39.8 Å². The number of nitrogens with zero attached hydrogens (tertiary/aromatic N) is 1. The molecule has 0 amide bonds. The van der Waals surface area contributed by atoms with E-state index in [0.717, 1.165) is 0 Å². The molecule has 2 aromatic rings. The van der Waals surface area contributed by atoms with Gasteiger partial charge in [-0.15, -0.1) is 0 Å². The van der Waals surface area contributed by atoms with Gasteiger partial charge in [0.2, 0.25) is 0 Å². The number of carbonyl (C=O) groups is 1. The van der Waals surface area contributed by atoms with Crippen LogP contribution in [0.3, 0.4) is 0 Å². The molecule has 0 spiro atoms. The van der Waals surface area contributed by atoms with Crippen molar-refractivity contribution < 1.29 is 28.1 Å². The van der Waals surface area contributed by atoms with Gasteiger partial charge in [0.25, 0.3) is 5.56 Å². The molecule has 1 aliphatic rings. The summed E-state index contributed by atoms with van der Waals surface area (Å²) in [7, 11) is -0.209. The highest BCUT2D eigenvalue weighted by atomic mass is 31.2. The number of hydrogen-bond donors (Lipinski definition) is 2. The van der Waals surface area contributed by atoms with E-state index in [1.165, 1.54) is 10.8 Å². The largest absolute Gasteiger partial charge is 0.462 e. The summed E-state index contributed by atoms with van der Waals surface area (Å²) >= 11 is 0. The van der Waals surface area contributed by atoms with Gasteiger partial charge in [0.05, 0.1) is 18.8 Å². The van der Waals surface area contributed by atoms with E-state index in [9.17, 15) is 14.4 Å². The van der Waals surface area contributed by atoms with Crippen molar-refractivity contribution >= 4 is 14.5 Å². The van der Waals surface area contributed by atoms with Crippen molar-refractivity contribution in [2.75, 3.05) is 13.7 Å². The van der Waals surface area contributed by atoms with Crippen molar-refractivity contribution in [1.82, 2.24) is 14.6 Å². The fourth-order valence-electron chi connectivity index (χ4n) is 3.42. The highest BCUT2D eigenvalue weighted by Crippen LogP contribution is 2.38. The number of carbonyl (C=O) groups excluding carboxylic acids is 1. The van der Waals surface area contributed by atoms with E-state index in [4.69, 9.17) is 23.3 Å². The number of aryl methyl sites for hydroxylation is 1. The van der Waals surface area contributed by atoms with Gasteiger partial charge in [0, 0.05) is 25.3 Å². The van der Waals surface area contributed by atoms with Crippen molar-refractivity contribution in [2.24, 2.45) is 0 Å². The molecular formula is C23H32N3O8P. The van der Waals surface area contributed by atoms with Gasteiger partial charge in [-0.2, -0.15) is 0 Å². The van der Waals surface area contributed by atoms with Crippen LogP contribution in [0.5, 0.6) is 5.75 Å². The first-order valence-electron chi connectivity index (χ1n) is 11.3. The van der Waals surface area contributed by atoms with Crippen LogP contribution < -0.4 is 20.9 Å². The van der Waals surface area contributed by atoms with Crippen LogP contribution in [0.15, 0.2) is 46.1 Å². The van der Waals surface area contributed by atoms with E-state index in [1.807, 2.05) is 18.2 Å². The van der Waals surface area contributed by atoms with E-state index in [0.29, 0.717) is 17.7 Å². The minimum atomic E-state index is -1.76. The Morgan fingerprint density at radius 1 is 1.26 bits per heavy atom. The zero-order chi connectivity index (χ0) is 25.5. The van der Waals surface area contributed by atoms with Gasteiger partial charge in [0.15, 0.2) is 0 Å². The number of para-hydroxylation sites is 1. The normalized spacial score (nSPS) is 21.6. The second kappa shape index (κ2) is 12.4. The van der Waals surface area contributed by atoms with Crippen LogP contribution >= 0.6 is 8.53 Å². The van der Waals surface area contributed by atoms with Crippen LogP contribution in [0.25, 0.3) is 0 Å². The first-order valence-corrected chi connectivity index (χ1v) is 12.5. The topological polar surface area (TPSA) is 130 Å². The molecule has 2 heterocycles. The van der Waals surface area contributed by atoms with Gasteiger partial charge >= 0.3 is 20.2 Å². The molecular weight excluding hydrogens is 477 g/mol. The number of esters is 1. The Kier molecular flexibility index (Phi) is 9.59. The SMILES string of the molecule is COC1C[C@H](n2cc(C)c(=O)[nH]c2=O)O[C@@H]1COP(NC(C)C(=O)OC(C)C)Oc1ccccc1. The van der Waals surface area contributed by atoms with Crippen LogP contribution in [-0.4, -0.2) is 53.6 Å². The van der Waals surface area contributed by atoms with Gasteiger partial charge in [-0.25, -0.2) is 9.88 Å². The lowest BCUT2D eigenvalue weighted by Crippen LogP contribution is -2.36. The molecule has 35 heavy (non-hydrogen) atoms. The lowest BCUT2D eigenvalue weighted by molar-refractivity contribution is -0.149. The Morgan fingerprint density at radius 3 is 2.63 bits per heavy atom. The van der Waals surface area contributed by atoms with Gasteiger partial charge < -0.3 is 23.3 Å². The minimum absolute atomic E-state index is 0.0730. The summed E-state index contributed by atoms with van der Waals surface area (Å²) < 4.78 is 30.2. The molecule has 0 bridgehead atoms. The second-order valence-electron chi connectivity index (χ2n) is 8.41. The highest BCUT2D eigenvalue weighted by Gasteiger charge is 2.38. The summed E-state index contributed by atoms with van der Waals surface area (Å²) in [6.07, 6.45) is 0.0875. The highest BCUT2D eigenvalue weighted by molar-refractivity contribution is 7.45. The van der Waals surface area contributed by atoms with Crippen LogP contribution in [0.2, 0.25) is 0 Å². The van der Waals surface area contributed by atoms with Crippen molar-refractivity contribution in [3.8, 4) is 5.75 Å². The van der Waals surface area contributed by atoms with E-state index < -0.39 is 44.1 Å². The fraction of sp³-hybridized carbons (Fsp3) is 0.522. The first-order chi connectivity index (χ1) is 16.7. The predicted octanol–water partition coefficient (Wildman–Crippen LogP) is 2.40. The maximum atomic E-state index is 12.3. The maximum Gasteiger partial charge on any atom is 0.330 e. The van der Waals surface area contributed by atoms with Crippen LogP contribution in [0, 0.1) is 6.92 Å². The maximum absolute atomic E-state index is 12.3. The number of H-pyrrole nitrogens is 1. The number of rotatable bonds is 11. The van der Waals surface area contributed by atoms with Crippen molar-refractivity contribution in [3.63, 3.8) is 0 Å². The summed E-state index contributed by atoms with van der Waals surface area (Å²) in [6.45, 7) is 6.91. The summed E-state index contributed by atoms with van der Waals surface area (Å²) in [5, 5.41) is 3.05. The molecule has 2 N–H and O–H groups in total. The molecule has 1 fully saturated rings. The number of nitrogens with one attached hydrogen (secondary N) is 2. The number of ether oxygens (including phenoxy) is 3. The Morgan fingerprint density at radius 2 is 1.97 bits per heavy atom. The zero-order valence-corrected chi connectivity index (χ0v) is 21.3. The number of methoxy groups -OCH3 is 1. The molecule has 11 nitrogen and oxygen atoms in total. The number of aromatic nitrogens is 2. The molecule has 5 atom stereocenters. The molecule has 1 saturated heterocycles. The summed E-state index contributed by atoms with van der Waals surface area (Å²) in [4.78, 5) is 38.6. The number of benzene rings is 1. The number of aromatic amines is 1. The Balaban J connectivity index is 1.70.